The topological polar surface area (TPSA) is 86.4 Å². The molecule has 0 unspecified atom stereocenters. The summed E-state index contributed by atoms with van der Waals surface area (Å²) in [5.74, 6) is 0.0945. The van der Waals surface area contributed by atoms with E-state index in [-0.39, 0.29) is 11.7 Å². The molecular formula is C18H14BBrN4O3. The van der Waals surface area contributed by atoms with E-state index >= 15 is 0 Å². The minimum absolute atomic E-state index is 0.0839. The average Bonchev–Trinajstić information content (AvgIpc) is 3.19. The van der Waals surface area contributed by atoms with Crippen LogP contribution in [-0.2, 0) is 10.2 Å². The Balaban J connectivity index is 1.65. The largest absolute Gasteiger partial charge is 0.457 e. The second kappa shape index (κ2) is 6.73. The molecule has 0 N–H and O–H groups in total. The fourth-order valence-corrected chi connectivity index (χ4v) is 3.70. The number of benzene rings is 2. The van der Waals surface area contributed by atoms with E-state index in [4.69, 9.17) is 4.74 Å². The molecule has 0 saturated heterocycles. The number of esters is 1. The van der Waals surface area contributed by atoms with Crippen LogP contribution in [0, 0.1) is 4.91 Å². The first-order valence-electron chi connectivity index (χ1n) is 8.34. The first kappa shape index (κ1) is 17.6. The Morgan fingerprint density at radius 1 is 1.22 bits per heavy atom. The van der Waals surface area contributed by atoms with E-state index in [0.717, 1.165) is 5.56 Å². The van der Waals surface area contributed by atoms with Gasteiger partial charge in [0.1, 0.15) is 11.2 Å². The second-order valence-corrected chi connectivity index (χ2v) is 7.25. The highest BCUT2D eigenvalue weighted by atomic mass is 79.9. The van der Waals surface area contributed by atoms with Crippen molar-refractivity contribution in [2.45, 2.75) is 18.0 Å². The van der Waals surface area contributed by atoms with Crippen molar-refractivity contribution >= 4 is 35.4 Å². The number of hydrogen-bond donors (Lipinski definition) is 0. The molecule has 1 aliphatic heterocycles. The van der Waals surface area contributed by atoms with Gasteiger partial charge >= 0.3 is 5.97 Å². The van der Waals surface area contributed by atoms with Crippen molar-refractivity contribution in [1.82, 2.24) is 14.8 Å². The van der Waals surface area contributed by atoms with Crippen molar-refractivity contribution in [3.8, 4) is 0 Å². The molecule has 3 aromatic rings. The Morgan fingerprint density at radius 2 is 1.93 bits per heavy atom. The monoisotopic (exact) mass is 424 g/mol. The number of aromatic nitrogens is 3. The van der Waals surface area contributed by atoms with Crippen LogP contribution in [0.1, 0.15) is 34.2 Å². The maximum absolute atomic E-state index is 12.7. The lowest BCUT2D eigenvalue weighted by Crippen LogP contribution is -2.31. The van der Waals surface area contributed by atoms with Crippen LogP contribution < -0.4 is 0 Å². The third-order valence-electron chi connectivity index (χ3n) is 4.67. The van der Waals surface area contributed by atoms with Crippen molar-refractivity contribution in [1.29, 1.82) is 0 Å². The van der Waals surface area contributed by atoms with Crippen molar-refractivity contribution in [2.24, 2.45) is 5.18 Å². The molecule has 0 radical (unpaired) electrons. The number of carbonyl (C=O) groups excluding carboxylic acids is 1. The number of hydrogen-bond acceptors (Lipinski definition) is 6. The summed E-state index contributed by atoms with van der Waals surface area (Å²) in [5, 5.41) is 7.27. The Bertz CT molecular complexity index is 1010. The van der Waals surface area contributed by atoms with Gasteiger partial charge in [0, 0.05) is 6.42 Å². The van der Waals surface area contributed by atoms with Gasteiger partial charge in [-0.3, -0.25) is 0 Å². The van der Waals surface area contributed by atoms with Crippen LogP contribution in [0.15, 0.2) is 64.5 Å². The summed E-state index contributed by atoms with van der Waals surface area (Å²) in [6, 6.07) is 15.8. The molecular weight excluding hydrogens is 411 g/mol. The highest BCUT2D eigenvalue weighted by Crippen LogP contribution is 2.42. The summed E-state index contributed by atoms with van der Waals surface area (Å²) in [7, 11) is 1.84. The van der Waals surface area contributed by atoms with Crippen LogP contribution in [0.4, 0.5) is 5.69 Å². The fraction of sp³-hybridized carbons (Fsp3) is 0.167. The van der Waals surface area contributed by atoms with Gasteiger partial charge in [-0.1, -0.05) is 30.3 Å². The molecule has 7 nitrogen and oxygen atoms in total. The van der Waals surface area contributed by atoms with Gasteiger partial charge in [0.25, 0.3) is 0 Å². The van der Waals surface area contributed by atoms with Gasteiger partial charge in [0.15, 0.2) is 13.7 Å². The van der Waals surface area contributed by atoms with Crippen molar-refractivity contribution in [3.63, 3.8) is 0 Å². The standard InChI is InChI=1S/C18H14BBrN4O3/c19-18(27-15(25)12-6-8-13(23-26)9-7-12)10-14(11-4-2-1-3-5-11)24-16(18)21-17(20)22-24/h1-9,14H,10,19H2/t14-,18+/m0/s1. The second-order valence-electron chi connectivity index (χ2n) is 6.54. The first-order valence-corrected chi connectivity index (χ1v) is 9.14. The molecule has 134 valence electrons. The Kier molecular flexibility index (Phi) is 4.39. The van der Waals surface area contributed by atoms with Crippen LogP contribution in [0.25, 0.3) is 0 Å². The lowest BCUT2D eigenvalue weighted by atomic mass is 9.77. The molecule has 1 aromatic heterocycles. The smallest absolute Gasteiger partial charge is 0.338 e. The maximum Gasteiger partial charge on any atom is 0.338 e. The van der Waals surface area contributed by atoms with Crippen LogP contribution >= 0.6 is 15.9 Å². The first-order chi connectivity index (χ1) is 13.0. The van der Waals surface area contributed by atoms with E-state index in [2.05, 4.69) is 31.2 Å². The van der Waals surface area contributed by atoms with Crippen LogP contribution in [0.2, 0.25) is 0 Å². The third-order valence-corrected chi connectivity index (χ3v) is 5.00. The van der Waals surface area contributed by atoms with Gasteiger partial charge < -0.3 is 4.74 Å². The number of fused-ring (bicyclic) bond motifs is 1. The molecule has 0 aliphatic carbocycles. The molecule has 27 heavy (non-hydrogen) atoms. The van der Waals surface area contributed by atoms with E-state index in [1.54, 1.807) is 4.68 Å². The van der Waals surface area contributed by atoms with E-state index in [1.807, 2.05) is 38.2 Å². The van der Waals surface area contributed by atoms with Crippen molar-refractivity contribution in [3.05, 3.63) is 81.2 Å². The summed E-state index contributed by atoms with van der Waals surface area (Å²) >= 11 is 3.31. The van der Waals surface area contributed by atoms with Gasteiger partial charge in [0.05, 0.1) is 11.6 Å². The SMILES string of the molecule is B[C@@]1(OC(=O)c2ccc(N=O)cc2)C[C@@H](c2ccccc2)n2nc(Br)nc21. The molecule has 2 atom stereocenters. The minimum atomic E-state index is -0.932. The summed E-state index contributed by atoms with van der Waals surface area (Å²) in [4.78, 5) is 27.6. The predicted molar refractivity (Wildman–Crippen MR) is 104 cm³/mol. The number of halogens is 1. The number of carbonyl (C=O) groups is 1. The van der Waals surface area contributed by atoms with Gasteiger partial charge in [0.2, 0.25) is 4.73 Å². The molecule has 0 spiro atoms. The van der Waals surface area contributed by atoms with E-state index < -0.39 is 11.5 Å². The fourth-order valence-electron chi connectivity index (χ4n) is 3.37. The zero-order valence-electron chi connectivity index (χ0n) is 14.4. The molecule has 2 heterocycles. The molecule has 0 bridgehead atoms. The molecule has 1 aliphatic rings. The Hall–Kier alpha value is -2.81. The lowest BCUT2D eigenvalue weighted by Gasteiger charge is -2.24. The third kappa shape index (κ3) is 3.19. The summed E-state index contributed by atoms with van der Waals surface area (Å²) in [6.07, 6.45) is 0.527. The Morgan fingerprint density at radius 3 is 2.59 bits per heavy atom. The van der Waals surface area contributed by atoms with E-state index in [0.29, 0.717) is 22.5 Å². The Labute approximate surface area is 164 Å². The minimum Gasteiger partial charge on any atom is -0.457 e. The summed E-state index contributed by atoms with van der Waals surface area (Å²) in [5.41, 5.74) is 0.735. The maximum atomic E-state index is 12.7. The summed E-state index contributed by atoms with van der Waals surface area (Å²) in [6.45, 7) is 0. The lowest BCUT2D eigenvalue weighted by molar-refractivity contribution is 0.0139. The van der Waals surface area contributed by atoms with E-state index in [1.165, 1.54) is 24.3 Å². The molecule has 2 aromatic carbocycles. The summed E-state index contributed by atoms with van der Waals surface area (Å²) < 4.78 is 8.10. The van der Waals surface area contributed by atoms with Crippen molar-refractivity contribution in [2.75, 3.05) is 0 Å². The van der Waals surface area contributed by atoms with Gasteiger partial charge in [-0.15, -0.1) is 10.0 Å². The predicted octanol–water partition coefficient (Wildman–Crippen LogP) is 3.07. The molecule has 9 heteroatoms. The van der Waals surface area contributed by atoms with Gasteiger partial charge in [-0.25, -0.2) is 14.5 Å². The van der Waals surface area contributed by atoms with E-state index in [9.17, 15) is 9.70 Å². The van der Waals surface area contributed by atoms with Gasteiger partial charge in [-0.05, 0) is 50.9 Å². The zero-order valence-corrected chi connectivity index (χ0v) is 16.0. The van der Waals surface area contributed by atoms with Crippen LogP contribution in [0.5, 0.6) is 0 Å². The number of nitroso groups, excluding NO2 is 1. The molecule has 0 amide bonds. The molecule has 0 fully saturated rings. The zero-order chi connectivity index (χ0) is 19.0. The average molecular weight is 425 g/mol. The number of ether oxygens (including phenoxy) is 1. The quantitative estimate of drug-likeness (QED) is 0.365. The highest BCUT2D eigenvalue weighted by Gasteiger charge is 2.47. The van der Waals surface area contributed by atoms with Crippen LogP contribution in [-0.4, -0.2) is 28.6 Å². The highest BCUT2D eigenvalue weighted by molar-refractivity contribution is 9.10. The normalized spacial score (nSPS) is 20.9. The number of rotatable bonds is 4. The van der Waals surface area contributed by atoms with Crippen molar-refractivity contribution < 1.29 is 9.53 Å². The number of nitrogens with zero attached hydrogens (tertiary/aromatic N) is 4. The molecule has 4 rings (SSSR count). The molecule has 0 saturated carbocycles. The van der Waals surface area contributed by atoms with Gasteiger partial charge in [-0.2, -0.15) is 0 Å². The van der Waals surface area contributed by atoms with Crippen LogP contribution in [0.3, 0.4) is 0 Å².